The van der Waals surface area contributed by atoms with Crippen LogP contribution in [-0.4, -0.2) is 28.5 Å². The largest absolute Gasteiger partial charge is 2.00 e. The zero-order valence-electron chi connectivity index (χ0n) is 5.27. The average Bonchev–Trinajstić information content (AvgIpc) is 1.72. The summed E-state index contributed by atoms with van der Waals surface area (Å²) in [4.78, 5) is 0. The number of rotatable bonds is 0. The summed E-state index contributed by atoms with van der Waals surface area (Å²) in [6, 6.07) is 0. The fraction of sp³-hybridized carbons (Fsp3) is 0.833. The van der Waals surface area contributed by atoms with E-state index >= 15 is 0 Å². The van der Waals surface area contributed by atoms with Gasteiger partial charge < -0.3 is 11.9 Å². The molecule has 0 aromatic carbocycles. The van der Waals surface area contributed by atoms with Crippen molar-refractivity contribution in [3.8, 4) is 0 Å². The van der Waals surface area contributed by atoms with Crippen molar-refractivity contribution in [1.82, 2.24) is 0 Å². The van der Waals surface area contributed by atoms with Crippen LogP contribution in [0.5, 0.6) is 0 Å². The summed E-state index contributed by atoms with van der Waals surface area (Å²) in [6.07, 6.45) is 9.50. The van der Waals surface area contributed by atoms with Crippen LogP contribution < -0.4 is 0 Å². The molecule has 1 aliphatic carbocycles. The van der Waals surface area contributed by atoms with Crippen LogP contribution in [-0.2, 0) is 0 Å². The monoisotopic (exact) mass is 124 g/mol. The molecule has 0 atom stereocenters. The quantitative estimate of drug-likeness (QED) is 0.356. The van der Waals surface area contributed by atoms with Crippen molar-refractivity contribution in [1.29, 1.82) is 0 Å². The van der Waals surface area contributed by atoms with Crippen LogP contribution in [0.2, 0.25) is 0 Å². The molecule has 0 aromatic rings. The third kappa shape index (κ3) is 4.87. The van der Waals surface area contributed by atoms with E-state index in [1.165, 1.54) is 32.1 Å². The van der Waals surface area contributed by atoms with Crippen molar-refractivity contribution in [2.75, 3.05) is 0 Å². The molecule has 1 fully saturated rings. The van der Waals surface area contributed by atoms with Gasteiger partial charge in [-0.25, -0.2) is 0 Å². The first-order valence-corrected chi connectivity index (χ1v) is 2.82. The van der Waals surface area contributed by atoms with E-state index in [4.69, 9.17) is 0 Å². The SMILES string of the molecule is [CH-]1CCCCC1.[Mg+2].[OH-]. The van der Waals surface area contributed by atoms with Gasteiger partial charge in [-0.05, 0) is 0 Å². The molecule has 0 unspecified atom stereocenters. The predicted molar refractivity (Wildman–Crippen MR) is 35.1 cm³/mol. The first-order chi connectivity index (χ1) is 3.00. The van der Waals surface area contributed by atoms with E-state index in [9.17, 15) is 0 Å². The first-order valence-electron chi connectivity index (χ1n) is 2.82. The molecule has 1 aliphatic rings. The molecular formula is C6H12MgO. The van der Waals surface area contributed by atoms with Crippen molar-refractivity contribution in [2.24, 2.45) is 0 Å². The van der Waals surface area contributed by atoms with E-state index in [1.807, 2.05) is 0 Å². The van der Waals surface area contributed by atoms with E-state index in [0.717, 1.165) is 0 Å². The van der Waals surface area contributed by atoms with Gasteiger partial charge in [-0.15, -0.1) is 0 Å². The van der Waals surface area contributed by atoms with E-state index in [0.29, 0.717) is 0 Å². The Labute approximate surface area is 67.3 Å². The molecule has 0 heterocycles. The van der Waals surface area contributed by atoms with Crippen LogP contribution in [0.4, 0.5) is 0 Å². The van der Waals surface area contributed by atoms with Gasteiger partial charge >= 0.3 is 23.1 Å². The van der Waals surface area contributed by atoms with Gasteiger partial charge in [0.2, 0.25) is 0 Å². The normalized spacial score (nSPS) is 18.0. The van der Waals surface area contributed by atoms with Crippen molar-refractivity contribution < 1.29 is 5.48 Å². The summed E-state index contributed by atoms with van der Waals surface area (Å²) in [5.74, 6) is 0. The maximum Gasteiger partial charge on any atom is 2.00 e. The molecule has 8 heavy (non-hydrogen) atoms. The van der Waals surface area contributed by atoms with Gasteiger partial charge in [0.1, 0.15) is 0 Å². The first kappa shape index (κ1) is 11.5. The summed E-state index contributed by atoms with van der Waals surface area (Å²) in [6.45, 7) is 0. The van der Waals surface area contributed by atoms with Gasteiger partial charge in [-0.2, -0.15) is 12.8 Å². The van der Waals surface area contributed by atoms with Gasteiger partial charge in [-0.3, -0.25) is 0 Å². The molecule has 0 aliphatic heterocycles. The molecule has 1 nitrogen and oxygen atoms in total. The molecular weight excluding hydrogens is 112 g/mol. The minimum atomic E-state index is 0. The molecule has 2 heteroatoms. The molecule has 44 valence electrons. The van der Waals surface area contributed by atoms with Gasteiger partial charge in [-0.1, -0.05) is 19.3 Å². The second kappa shape index (κ2) is 7.73. The summed E-state index contributed by atoms with van der Waals surface area (Å²) in [5.41, 5.74) is 0. The van der Waals surface area contributed by atoms with Crippen LogP contribution in [0.1, 0.15) is 32.1 Å². The zero-order valence-corrected chi connectivity index (χ0v) is 6.68. The van der Waals surface area contributed by atoms with Gasteiger partial charge in [0.05, 0.1) is 0 Å². The van der Waals surface area contributed by atoms with Gasteiger partial charge in [0, 0.05) is 0 Å². The second-order valence-corrected chi connectivity index (χ2v) is 1.93. The third-order valence-electron chi connectivity index (χ3n) is 1.32. The van der Waals surface area contributed by atoms with Crippen LogP contribution in [0, 0.1) is 6.42 Å². The van der Waals surface area contributed by atoms with E-state index in [-0.39, 0.29) is 28.5 Å². The molecule has 0 bridgehead atoms. The van der Waals surface area contributed by atoms with Crippen LogP contribution in [0.3, 0.4) is 0 Å². The fourth-order valence-electron chi connectivity index (χ4n) is 0.898. The summed E-state index contributed by atoms with van der Waals surface area (Å²) in [5, 5.41) is 0. The summed E-state index contributed by atoms with van der Waals surface area (Å²) < 4.78 is 0. The fourth-order valence-corrected chi connectivity index (χ4v) is 0.898. The summed E-state index contributed by atoms with van der Waals surface area (Å²) >= 11 is 0. The Kier molecular flexibility index (Phi) is 11.1. The molecule has 1 N–H and O–H groups in total. The Balaban J connectivity index is 0. The molecule has 1 rings (SSSR count). The third-order valence-corrected chi connectivity index (χ3v) is 1.32. The number of hydrogen-bond acceptors (Lipinski definition) is 1. The van der Waals surface area contributed by atoms with Crippen LogP contribution in [0.25, 0.3) is 0 Å². The second-order valence-electron chi connectivity index (χ2n) is 1.93. The molecule has 0 amide bonds. The smallest absolute Gasteiger partial charge is 0.870 e. The molecule has 0 radical (unpaired) electrons. The van der Waals surface area contributed by atoms with Crippen molar-refractivity contribution >= 4 is 23.1 Å². The topological polar surface area (TPSA) is 30.0 Å². The van der Waals surface area contributed by atoms with E-state index in [2.05, 4.69) is 6.42 Å². The van der Waals surface area contributed by atoms with Crippen molar-refractivity contribution in [2.45, 2.75) is 32.1 Å². The van der Waals surface area contributed by atoms with Gasteiger partial charge in [0.25, 0.3) is 0 Å². The van der Waals surface area contributed by atoms with Crippen LogP contribution in [0.15, 0.2) is 0 Å². The predicted octanol–water partition coefficient (Wildman–Crippen LogP) is 1.60. The maximum atomic E-state index is 2.39. The minimum absolute atomic E-state index is 0. The standard InChI is InChI=1S/C6H11.Mg.H2O/c1-2-4-6-5-3-1;;/h1H,2-6H2;;1H2/q-1;+2;/p-1. The van der Waals surface area contributed by atoms with Crippen molar-refractivity contribution in [3.63, 3.8) is 0 Å². The van der Waals surface area contributed by atoms with Gasteiger partial charge in [0.15, 0.2) is 0 Å². The maximum absolute atomic E-state index is 2.39. The Morgan fingerprint density at radius 3 is 1.50 bits per heavy atom. The average molecular weight is 124 g/mol. The Bertz CT molecular complexity index is 24.0. The Morgan fingerprint density at radius 2 is 1.38 bits per heavy atom. The Hall–Kier alpha value is 0.726. The molecule has 0 aromatic heterocycles. The van der Waals surface area contributed by atoms with Crippen LogP contribution >= 0.6 is 0 Å². The van der Waals surface area contributed by atoms with E-state index < -0.39 is 0 Å². The minimum Gasteiger partial charge on any atom is -0.870 e. The molecule has 0 spiro atoms. The molecule has 1 saturated carbocycles. The molecule has 0 saturated heterocycles. The summed E-state index contributed by atoms with van der Waals surface area (Å²) in [7, 11) is 0. The van der Waals surface area contributed by atoms with Crippen molar-refractivity contribution in [3.05, 3.63) is 6.42 Å². The zero-order chi connectivity index (χ0) is 4.24. The number of hydrogen-bond donors (Lipinski definition) is 0. The van der Waals surface area contributed by atoms with E-state index in [1.54, 1.807) is 0 Å². The Morgan fingerprint density at radius 1 is 0.875 bits per heavy atom.